The molecule has 1 aliphatic rings. The Morgan fingerprint density at radius 3 is 3.15 bits per heavy atom. The molecule has 2 nitrogen and oxygen atoms in total. The first kappa shape index (κ1) is 8.40. The Kier molecular flexibility index (Phi) is 2.12. The van der Waals surface area contributed by atoms with E-state index in [0.29, 0.717) is 18.1 Å². The molecule has 1 heterocycles. The summed E-state index contributed by atoms with van der Waals surface area (Å²) in [6, 6.07) is 5.81. The maximum Gasteiger partial charge on any atom is 0.126 e. The summed E-state index contributed by atoms with van der Waals surface area (Å²) in [5.74, 6) is 0.867. The van der Waals surface area contributed by atoms with Crippen LogP contribution in [0.5, 0.6) is 5.75 Å². The quantitative estimate of drug-likeness (QED) is 0.686. The normalized spacial score (nSPS) is 13.2. The molecule has 0 radical (unpaired) electrons. The number of nitrogens with zero attached hydrogens (tertiary/aromatic N) is 1. The van der Waals surface area contributed by atoms with Gasteiger partial charge in [-0.25, -0.2) is 0 Å². The predicted octanol–water partition coefficient (Wildman–Crippen LogP) is 2.34. The van der Waals surface area contributed by atoms with Crippen LogP contribution < -0.4 is 4.74 Å². The van der Waals surface area contributed by atoms with E-state index in [1.807, 2.05) is 6.07 Å². The van der Waals surface area contributed by atoms with Gasteiger partial charge in [0.2, 0.25) is 0 Å². The second-order valence-electron chi connectivity index (χ2n) is 2.99. The minimum Gasteiger partial charge on any atom is -0.493 e. The Morgan fingerprint density at radius 2 is 2.38 bits per heavy atom. The van der Waals surface area contributed by atoms with Gasteiger partial charge in [0, 0.05) is 17.0 Å². The first-order chi connectivity index (χ1) is 6.31. The van der Waals surface area contributed by atoms with Crippen molar-refractivity contribution in [3.05, 3.63) is 28.3 Å². The molecule has 1 aromatic rings. The van der Waals surface area contributed by atoms with Crippen LogP contribution in [-0.2, 0) is 12.8 Å². The third-order valence-electron chi connectivity index (χ3n) is 2.09. The van der Waals surface area contributed by atoms with E-state index in [2.05, 4.69) is 6.07 Å². The highest BCUT2D eigenvalue weighted by atomic mass is 35.5. The molecular weight excluding hydrogens is 186 g/mol. The monoisotopic (exact) mass is 193 g/mol. The standard InChI is InChI=1S/C10H8ClNO/c11-9-5-7(1-3-12)10-8(6-9)2-4-13-10/h5-6H,1-2,4H2. The lowest BCUT2D eigenvalue weighted by Crippen LogP contribution is -1.90. The summed E-state index contributed by atoms with van der Waals surface area (Å²) in [6.45, 7) is 0.702. The zero-order chi connectivity index (χ0) is 9.26. The number of rotatable bonds is 1. The van der Waals surface area contributed by atoms with E-state index in [0.717, 1.165) is 23.3 Å². The summed E-state index contributed by atoms with van der Waals surface area (Å²) in [5, 5.41) is 9.28. The fraction of sp³-hybridized carbons (Fsp3) is 0.300. The summed E-state index contributed by atoms with van der Waals surface area (Å²) in [6.07, 6.45) is 1.26. The summed E-state index contributed by atoms with van der Waals surface area (Å²) < 4.78 is 5.43. The van der Waals surface area contributed by atoms with Gasteiger partial charge in [0.25, 0.3) is 0 Å². The molecule has 13 heavy (non-hydrogen) atoms. The van der Waals surface area contributed by atoms with Crippen LogP contribution in [0.4, 0.5) is 0 Å². The Balaban J connectivity index is 2.50. The van der Waals surface area contributed by atoms with E-state index in [-0.39, 0.29) is 0 Å². The van der Waals surface area contributed by atoms with Crippen molar-refractivity contribution in [3.8, 4) is 11.8 Å². The van der Waals surface area contributed by atoms with E-state index in [1.54, 1.807) is 6.07 Å². The molecule has 0 N–H and O–H groups in total. The van der Waals surface area contributed by atoms with Gasteiger partial charge in [-0.3, -0.25) is 0 Å². The molecule has 0 bridgehead atoms. The number of ether oxygens (including phenoxy) is 1. The fourth-order valence-corrected chi connectivity index (χ4v) is 1.83. The van der Waals surface area contributed by atoms with Crippen LogP contribution in [0.25, 0.3) is 0 Å². The molecule has 0 saturated heterocycles. The van der Waals surface area contributed by atoms with Crippen LogP contribution in [0.2, 0.25) is 5.02 Å². The van der Waals surface area contributed by atoms with Crippen molar-refractivity contribution in [2.24, 2.45) is 0 Å². The number of hydrogen-bond acceptors (Lipinski definition) is 2. The lowest BCUT2D eigenvalue weighted by atomic mass is 10.1. The Labute approximate surface area is 81.7 Å². The van der Waals surface area contributed by atoms with Crippen LogP contribution >= 0.6 is 11.6 Å². The van der Waals surface area contributed by atoms with E-state index in [1.165, 1.54) is 0 Å². The van der Waals surface area contributed by atoms with Gasteiger partial charge in [0.15, 0.2) is 0 Å². The first-order valence-electron chi connectivity index (χ1n) is 4.12. The molecule has 0 fully saturated rings. The molecule has 1 aliphatic heterocycles. The Morgan fingerprint density at radius 1 is 1.54 bits per heavy atom. The van der Waals surface area contributed by atoms with Gasteiger partial charge >= 0.3 is 0 Å². The highest BCUT2D eigenvalue weighted by Crippen LogP contribution is 2.32. The van der Waals surface area contributed by atoms with Crippen molar-refractivity contribution in [1.29, 1.82) is 5.26 Å². The lowest BCUT2D eigenvalue weighted by molar-refractivity contribution is 0.354. The molecule has 0 aliphatic carbocycles. The summed E-state index contributed by atoms with van der Waals surface area (Å²) in [7, 11) is 0. The molecule has 2 rings (SSSR count). The average molecular weight is 194 g/mol. The summed E-state index contributed by atoms with van der Waals surface area (Å²) in [5.41, 5.74) is 2.03. The van der Waals surface area contributed by atoms with Gasteiger partial charge in [0.1, 0.15) is 5.75 Å². The number of nitriles is 1. The minimum atomic E-state index is 0.364. The van der Waals surface area contributed by atoms with Gasteiger partial charge in [-0.15, -0.1) is 0 Å². The minimum absolute atomic E-state index is 0.364. The smallest absolute Gasteiger partial charge is 0.126 e. The number of benzene rings is 1. The second kappa shape index (κ2) is 3.27. The third kappa shape index (κ3) is 1.48. The zero-order valence-corrected chi connectivity index (χ0v) is 7.77. The highest BCUT2D eigenvalue weighted by Gasteiger charge is 2.16. The van der Waals surface area contributed by atoms with E-state index in [4.69, 9.17) is 21.6 Å². The summed E-state index contributed by atoms with van der Waals surface area (Å²) >= 11 is 5.90. The molecular formula is C10H8ClNO. The Hall–Kier alpha value is -1.20. The van der Waals surface area contributed by atoms with Gasteiger partial charge in [-0.1, -0.05) is 11.6 Å². The molecule has 0 atom stereocenters. The maximum absolute atomic E-state index is 8.59. The van der Waals surface area contributed by atoms with E-state index in [9.17, 15) is 0 Å². The Bertz CT molecular complexity index is 381. The largest absolute Gasteiger partial charge is 0.493 e. The van der Waals surface area contributed by atoms with Gasteiger partial charge in [0.05, 0.1) is 19.1 Å². The second-order valence-corrected chi connectivity index (χ2v) is 3.42. The molecule has 3 heteroatoms. The van der Waals surface area contributed by atoms with Crippen LogP contribution in [0.15, 0.2) is 12.1 Å². The molecule has 66 valence electrons. The van der Waals surface area contributed by atoms with Crippen molar-refractivity contribution >= 4 is 11.6 Å². The van der Waals surface area contributed by atoms with E-state index >= 15 is 0 Å². The molecule has 1 aromatic carbocycles. The van der Waals surface area contributed by atoms with E-state index < -0.39 is 0 Å². The fourth-order valence-electron chi connectivity index (χ4n) is 1.56. The topological polar surface area (TPSA) is 33.0 Å². The molecule has 0 aromatic heterocycles. The zero-order valence-electron chi connectivity index (χ0n) is 7.01. The van der Waals surface area contributed by atoms with Crippen molar-refractivity contribution in [2.45, 2.75) is 12.8 Å². The molecule has 0 spiro atoms. The molecule has 0 unspecified atom stereocenters. The summed E-state index contributed by atoms with van der Waals surface area (Å²) in [4.78, 5) is 0. The van der Waals surface area contributed by atoms with Crippen LogP contribution in [-0.4, -0.2) is 6.61 Å². The van der Waals surface area contributed by atoms with Crippen molar-refractivity contribution in [2.75, 3.05) is 6.61 Å². The number of hydrogen-bond donors (Lipinski definition) is 0. The van der Waals surface area contributed by atoms with Crippen LogP contribution in [0.1, 0.15) is 11.1 Å². The highest BCUT2D eigenvalue weighted by molar-refractivity contribution is 6.30. The van der Waals surface area contributed by atoms with Crippen molar-refractivity contribution in [3.63, 3.8) is 0 Å². The van der Waals surface area contributed by atoms with Gasteiger partial charge < -0.3 is 4.74 Å². The molecule has 0 amide bonds. The van der Waals surface area contributed by atoms with Gasteiger partial charge in [-0.05, 0) is 17.7 Å². The average Bonchev–Trinajstić information content (AvgIpc) is 2.52. The number of fused-ring (bicyclic) bond motifs is 1. The maximum atomic E-state index is 8.59. The van der Waals surface area contributed by atoms with Crippen LogP contribution in [0, 0.1) is 11.3 Å². The lowest BCUT2D eigenvalue weighted by Gasteiger charge is -2.04. The molecule has 0 saturated carbocycles. The van der Waals surface area contributed by atoms with Crippen molar-refractivity contribution < 1.29 is 4.74 Å². The van der Waals surface area contributed by atoms with Crippen molar-refractivity contribution in [1.82, 2.24) is 0 Å². The SMILES string of the molecule is N#CCc1cc(Cl)cc2c1OCC2. The number of halogens is 1. The van der Waals surface area contributed by atoms with Gasteiger partial charge in [-0.2, -0.15) is 5.26 Å². The predicted molar refractivity (Wildman–Crippen MR) is 50.0 cm³/mol. The third-order valence-corrected chi connectivity index (χ3v) is 2.31. The first-order valence-corrected chi connectivity index (χ1v) is 4.50. The van der Waals surface area contributed by atoms with Crippen LogP contribution in [0.3, 0.4) is 0 Å².